The Bertz CT molecular complexity index is 1080. The summed E-state index contributed by atoms with van der Waals surface area (Å²) in [6.45, 7) is 1.74. The second-order valence-electron chi connectivity index (χ2n) is 5.85. The van der Waals surface area contributed by atoms with Crippen LogP contribution in [0.15, 0.2) is 52.9 Å². The first kappa shape index (κ1) is 19.2. The van der Waals surface area contributed by atoms with Gasteiger partial charge in [-0.05, 0) is 42.9 Å². The summed E-state index contributed by atoms with van der Waals surface area (Å²) < 4.78 is 12.1. The molecule has 0 saturated heterocycles. The van der Waals surface area contributed by atoms with Crippen LogP contribution in [0.1, 0.15) is 11.5 Å². The number of aromatic nitrogens is 2. The molecule has 1 heterocycles. The van der Waals surface area contributed by atoms with Gasteiger partial charge in [0.2, 0.25) is 5.91 Å². The van der Waals surface area contributed by atoms with Gasteiger partial charge in [-0.25, -0.2) is 4.68 Å². The van der Waals surface area contributed by atoms with Crippen LogP contribution in [0.25, 0.3) is 0 Å². The van der Waals surface area contributed by atoms with Crippen LogP contribution in [-0.2, 0) is 17.9 Å². The lowest BCUT2D eigenvalue weighted by atomic mass is 10.2. The van der Waals surface area contributed by atoms with Crippen LogP contribution < -0.4 is 10.1 Å². The number of carbonyl (C=O) groups excluding carboxylic acids is 1. The molecule has 28 heavy (non-hydrogen) atoms. The summed E-state index contributed by atoms with van der Waals surface area (Å²) in [6, 6.07) is 13.3. The molecule has 0 radical (unpaired) electrons. The van der Waals surface area contributed by atoms with Gasteiger partial charge in [-0.3, -0.25) is 14.9 Å². The maximum atomic E-state index is 12.2. The molecule has 9 nitrogen and oxygen atoms in total. The van der Waals surface area contributed by atoms with E-state index in [2.05, 4.69) is 10.4 Å². The summed E-state index contributed by atoms with van der Waals surface area (Å²) in [5.41, 5.74) is 0.943. The Kier molecular flexibility index (Phi) is 5.80. The topological polar surface area (TPSA) is 112 Å². The van der Waals surface area contributed by atoms with Crippen molar-refractivity contribution in [1.82, 2.24) is 9.78 Å². The molecule has 0 saturated carbocycles. The van der Waals surface area contributed by atoms with E-state index in [1.54, 1.807) is 12.1 Å². The lowest BCUT2D eigenvalue weighted by molar-refractivity contribution is -0.383. The van der Waals surface area contributed by atoms with Gasteiger partial charge in [-0.1, -0.05) is 24.3 Å². The van der Waals surface area contributed by atoms with E-state index >= 15 is 0 Å². The standard InChI is InChI=1S/C18H16N4O5S/c1-12-5-4-6-13(9-12)26-11-17-20-21(18(28)27-17)10-16(23)19-14-7-2-3-8-15(14)22(24)25/h2-9H,10-11H2,1H3,(H,19,23). The Morgan fingerprint density at radius 1 is 1.32 bits per heavy atom. The molecule has 0 aliphatic carbocycles. The maximum absolute atomic E-state index is 12.2. The highest BCUT2D eigenvalue weighted by molar-refractivity contribution is 7.71. The Balaban J connectivity index is 1.64. The SMILES string of the molecule is Cc1cccc(OCc2nn(CC(=O)Nc3ccccc3[N+](=O)[O-])c(=S)o2)c1. The summed E-state index contributed by atoms with van der Waals surface area (Å²) in [5.74, 6) is 0.347. The van der Waals surface area contributed by atoms with E-state index < -0.39 is 10.8 Å². The van der Waals surface area contributed by atoms with E-state index in [1.165, 1.54) is 22.9 Å². The van der Waals surface area contributed by atoms with Crippen molar-refractivity contribution in [3.05, 3.63) is 74.9 Å². The minimum Gasteiger partial charge on any atom is -0.484 e. The number of benzene rings is 2. The van der Waals surface area contributed by atoms with Gasteiger partial charge in [-0.2, -0.15) is 0 Å². The average Bonchev–Trinajstić information content (AvgIpc) is 2.99. The van der Waals surface area contributed by atoms with Crippen molar-refractivity contribution in [3.63, 3.8) is 0 Å². The Morgan fingerprint density at radius 2 is 2.11 bits per heavy atom. The van der Waals surface area contributed by atoms with Crippen molar-refractivity contribution in [2.75, 3.05) is 5.32 Å². The van der Waals surface area contributed by atoms with Crippen molar-refractivity contribution < 1.29 is 18.9 Å². The lowest BCUT2D eigenvalue weighted by Crippen LogP contribution is -2.20. The van der Waals surface area contributed by atoms with E-state index in [4.69, 9.17) is 21.4 Å². The molecule has 3 aromatic rings. The minimum absolute atomic E-state index is 0.000513. The molecule has 0 fully saturated rings. The van der Waals surface area contributed by atoms with Crippen LogP contribution >= 0.6 is 12.2 Å². The van der Waals surface area contributed by atoms with Gasteiger partial charge in [-0.15, -0.1) is 5.10 Å². The highest BCUT2D eigenvalue weighted by Gasteiger charge is 2.16. The number of ether oxygens (including phenoxy) is 1. The summed E-state index contributed by atoms with van der Waals surface area (Å²) in [5, 5.41) is 17.6. The molecule has 10 heteroatoms. The van der Waals surface area contributed by atoms with Gasteiger partial charge in [0.25, 0.3) is 16.4 Å². The number of para-hydroxylation sites is 2. The van der Waals surface area contributed by atoms with Crippen molar-refractivity contribution in [2.45, 2.75) is 20.1 Å². The number of nitrogens with zero attached hydrogens (tertiary/aromatic N) is 3. The third kappa shape index (κ3) is 4.80. The molecule has 1 N–H and O–H groups in total. The summed E-state index contributed by atoms with van der Waals surface area (Å²) in [4.78, 5) is 22.7. The van der Waals surface area contributed by atoms with Gasteiger partial charge < -0.3 is 14.5 Å². The van der Waals surface area contributed by atoms with E-state index in [-0.39, 0.29) is 35.3 Å². The van der Waals surface area contributed by atoms with Crippen LogP contribution in [0.4, 0.5) is 11.4 Å². The van der Waals surface area contributed by atoms with Crippen molar-refractivity contribution in [1.29, 1.82) is 0 Å². The minimum atomic E-state index is -0.571. The number of anilines is 1. The molecule has 3 rings (SSSR count). The van der Waals surface area contributed by atoms with Crippen molar-refractivity contribution in [2.24, 2.45) is 0 Å². The number of aryl methyl sites for hydroxylation is 1. The normalized spacial score (nSPS) is 10.5. The summed E-state index contributed by atoms with van der Waals surface area (Å²) in [7, 11) is 0. The molecule has 0 aliphatic rings. The molecular formula is C18H16N4O5S. The summed E-state index contributed by atoms with van der Waals surface area (Å²) >= 11 is 5.06. The average molecular weight is 400 g/mol. The van der Waals surface area contributed by atoms with Crippen molar-refractivity contribution in [3.8, 4) is 5.75 Å². The highest BCUT2D eigenvalue weighted by Crippen LogP contribution is 2.23. The molecule has 0 aliphatic heterocycles. The monoisotopic (exact) mass is 400 g/mol. The first-order valence-electron chi connectivity index (χ1n) is 8.22. The number of hydrogen-bond acceptors (Lipinski definition) is 7. The number of carbonyl (C=O) groups is 1. The Hall–Kier alpha value is -3.53. The fourth-order valence-electron chi connectivity index (χ4n) is 2.42. The fraction of sp³-hybridized carbons (Fsp3) is 0.167. The highest BCUT2D eigenvalue weighted by atomic mass is 32.1. The second kappa shape index (κ2) is 8.44. The number of amides is 1. The number of nitro benzene ring substituents is 1. The Morgan fingerprint density at radius 3 is 2.86 bits per heavy atom. The molecule has 0 spiro atoms. The quantitative estimate of drug-likeness (QED) is 0.366. The van der Waals surface area contributed by atoms with Crippen LogP contribution in [0, 0.1) is 21.9 Å². The Labute approximate surface area is 164 Å². The first-order valence-corrected chi connectivity index (χ1v) is 8.63. The number of nitro groups is 1. The zero-order chi connectivity index (χ0) is 20.1. The lowest BCUT2D eigenvalue weighted by Gasteiger charge is -2.05. The van der Waals surface area contributed by atoms with Crippen LogP contribution in [-0.4, -0.2) is 20.6 Å². The van der Waals surface area contributed by atoms with E-state index in [0.717, 1.165) is 5.56 Å². The fourth-order valence-corrected chi connectivity index (χ4v) is 2.62. The van der Waals surface area contributed by atoms with Gasteiger partial charge in [0.15, 0.2) is 6.61 Å². The predicted molar refractivity (Wildman–Crippen MR) is 103 cm³/mol. The van der Waals surface area contributed by atoms with Crippen LogP contribution in [0.2, 0.25) is 0 Å². The number of nitrogens with one attached hydrogen (secondary N) is 1. The molecule has 0 unspecified atom stereocenters. The largest absolute Gasteiger partial charge is 0.484 e. The first-order chi connectivity index (χ1) is 13.4. The van der Waals surface area contributed by atoms with Gasteiger partial charge in [0, 0.05) is 6.07 Å². The van der Waals surface area contributed by atoms with E-state index in [9.17, 15) is 14.9 Å². The van der Waals surface area contributed by atoms with Crippen LogP contribution in [0.3, 0.4) is 0 Å². The maximum Gasteiger partial charge on any atom is 0.292 e. The molecule has 2 aromatic carbocycles. The van der Waals surface area contributed by atoms with Crippen molar-refractivity contribution >= 4 is 29.5 Å². The smallest absolute Gasteiger partial charge is 0.292 e. The zero-order valence-corrected chi connectivity index (χ0v) is 15.6. The number of rotatable bonds is 7. The molecule has 0 bridgehead atoms. The summed E-state index contributed by atoms with van der Waals surface area (Å²) in [6.07, 6.45) is 0. The van der Waals surface area contributed by atoms with Gasteiger partial charge in [0.1, 0.15) is 18.0 Å². The third-order valence-corrected chi connectivity index (χ3v) is 3.96. The van der Waals surface area contributed by atoms with E-state index in [1.807, 2.05) is 25.1 Å². The van der Waals surface area contributed by atoms with Crippen LogP contribution in [0.5, 0.6) is 5.75 Å². The predicted octanol–water partition coefficient (Wildman–Crippen LogP) is 3.64. The molecule has 1 amide bonds. The van der Waals surface area contributed by atoms with Gasteiger partial charge >= 0.3 is 0 Å². The molecular weight excluding hydrogens is 384 g/mol. The van der Waals surface area contributed by atoms with Gasteiger partial charge in [0.05, 0.1) is 4.92 Å². The second-order valence-corrected chi connectivity index (χ2v) is 6.20. The molecule has 144 valence electrons. The zero-order valence-electron chi connectivity index (χ0n) is 14.8. The van der Waals surface area contributed by atoms with E-state index in [0.29, 0.717) is 5.75 Å². The number of hydrogen-bond donors (Lipinski definition) is 1. The molecule has 0 atom stereocenters. The molecule has 1 aromatic heterocycles. The third-order valence-electron chi connectivity index (χ3n) is 3.67.